The minimum atomic E-state index is 0.423. The van der Waals surface area contributed by atoms with Gasteiger partial charge in [-0.05, 0) is 19.9 Å². The maximum Gasteiger partial charge on any atom is 0.121 e. The van der Waals surface area contributed by atoms with E-state index < -0.39 is 0 Å². The molecule has 1 aromatic carbocycles. The molecule has 0 aliphatic carbocycles. The van der Waals surface area contributed by atoms with E-state index in [-0.39, 0.29) is 0 Å². The van der Waals surface area contributed by atoms with E-state index in [2.05, 4.69) is 35.1 Å². The maximum atomic E-state index is 5.74. The van der Waals surface area contributed by atoms with Crippen LogP contribution in [0.1, 0.15) is 17.1 Å². The van der Waals surface area contributed by atoms with Crippen molar-refractivity contribution in [1.82, 2.24) is 9.97 Å². The first-order chi connectivity index (χ1) is 7.20. The van der Waals surface area contributed by atoms with Crippen LogP contribution in [0.5, 0.6) is 0 Å². The molecule has 0 aliphatic rings. The fourth-order valence-electron chi connectivity index (χ4n) is 1.66. The number of hydrogen-bond donors (Lipinski definition) is 1. The van der Waals surface area contributed by atoms with Gasteiger partial charge in [0.1, 0.15) is 5.82 Å². The zero-order valence-corrected chi connectivity index (χ0v) is 9.60. The molecule has 15 heavy (non-hydrogen) atoms. The third-order valence-electron chi connectivity index (χ3n) is 2.35. The number of aromatic nitrogens is 2. The highest BCUT2D eigenvalue weighted by Crippen LogP contribution is 2.22. The summed E-state index contributed by atoms with van der Waals surface area (Å²) in [4.78, 5) is 7.62. The lowest BCUT2D eigenvalue weighted by Crippen LogP contribution is -1.82. The van der Waals surface area contributed by atoms with Gasteiger partial charge in [-0.1, -0.05) is 23.8 Å². The van der Waals surface area contributed by atoms with Crippen LogP contribution in [0.15, 0.2) is 24.3 Å². The number of hydrogen-bond acceptors (Lipinski definition) is 1. The molecular formula is C12H13ClN2. The molecule has 0 bridgehead atoms. The molecule has 0 spiro atoms. The number of alkyl halides is 1. The second kappa shape index (κ2) is 4.07. The summed E-state index contributed by atoms with van der Waals surface area (Å²) >= 11 is 5.74. The second-order valence-corrected chi connectivity index (χ2v) is 3.93. The van der Waals surface area contributed by atoms with Crippen LogP contribution in [-0.4, -0.2) is 9.97 Å². The summed E-state index contributed by atoms with van der Waals surface area (Å²) < 4.78 is 0. The van der Waals surface area contributed by atoms with Crippen LogP contribution in [0.4, 0.5) is 0 Å². The second-order valence-electron chi connectivity index (χ2n) is 3.66. The van der Waals surface area contributed by atoms with Gasteiger partial charge in [-0.2, -0.15) is 0 Å². The van der Waals surface area contributed by atoms with Crippen molar-refractivity contribution < 1.29 is 0 Å². The fraction of sp³-hybridized carbons (Fsp3) is 0.250. The lowest BCUT2D eigenvalue weighted by atomic mass is 10.1. The van der Waals surface area contributed by atoms with Crippen LogP contribution in [-0.2, 0) is 5.88 Å². The van der Waals surface area contributed by atoms with Crippen molar-refractivity contribution in [1.29, 1.82) is 0 Å². The molecular weight excluding hydrogens is 208 g/mol. The molecule has 1 heterocycles. The minimum absolute atomic E-state index is 0.423. The van der Waals surface area contributed by atoms with Gasteiger partial charge in [0, 0.05) is 11.3 Å². The van der Waals surface area contributed by atoms with Crippen molar-refractivity contribution in [2.24, 2.45) is 0 Å². The van der Waals surface area contributed by atoms with E-state index in [0.717, 1.165) is 22.8 Å². The van der Waals surface area contributed by atoms with Crippen LogP contribution >= 0.6 is 11.6 Å². The Hall–Kier alpha value is -1.28. The molecule has 0 atom stereocenters. The van der Waals surface area contributed by atoms with Crippen molar-refractivity contribution in [3.05, 3.63) is 41.3 Å². The van der Waals surface area contributed by atoms with E-state index in [9.17, 15) is 0 Å². The SMILES string of the molecule is Cc1cccc(-c2nc(CCl)[nH]c2C)c1. The molecule has 78 valence electrons. The Labute approximate surface area is 94.3 Å². The topological polar surface area (TPSA) is 28.7 Å². The van der Waals surface area contributed by atoms with Crippen molar-refractivity contribution in [2.45, 2.75) is 19.7 Å². The monoisotopic (exact) mass is 220 g/mol. The first kappa shape index (κ1) is 10.2. The van der Waals surface area contributed by atoms with E-state index in [0.29, 0.717) is 5.88 Å². The molecule has 0 amide bonds. The molecule has 2 rings (SSSR count). The van der Waals surface area contributed by atoms with Gasteiger partial charge in [-0.15, -0.1) is 11.6 Å². The van der Waals surface area contributed by atoms with Gasteiger partial charge >= 0.3 is 0 Å². The Morgan fingerprint density at radius 3 is 2.73 bits per heavy atom. The van der Waals surface area contributed by atoms with Crippen LogP contribution < -0.4 is 0 Å². The average molecular weight is 221 g/mol. The molecule has 1 aromatic heterocycles. The zero-order chi connectivity index (χ0) is 10.8. The van der Waals surface area contributed by atoms with E-state index in [4.69, 9.17) is 11.6 Å². The lowest BCUT2D eigenvalue weighted by molar-refractivity contribution is 1.10. The largest absolute Gasteiger partial charge is 0.345 e. The maximum absolute atomic E-state index is 5.74. The molecule has 0 unspecified atom stereocenters. The van der Waals surface area contributed by atoms with Gasteiger partial charge in [0.15, 0.2) is 0 Å². The first-order valence-electron chi connectivity index (χ1n) is 4.89. The van der Waals surface area contributed by atoms with Gasteiger partial charge in [-0.25, -0.2) is 4.98 Å². The summed E-state index contributed by atoms with van der Waals surface area (Å²) in [5.41, 5.74) is 4.44. The summed E-state index contributed by atoms with van der Waals surface area (Å²) in [6, 6.07) is 8.31. The fourth-order valence-corrected chi connectivity index (χ4v) is 1.79. The average Bonchev–Trinajstić information content (AvgIpc) is 2.60. The van der Waals surface area contributed by atoms with Gasteiger partial charge in [0.2, 0.25) is 0 Å². The van der Waals surface area contributed by atoms with E-state index in [1.807, 2.05) is 13.0 Å². The van der Waals surface area contributed by atoms with Gasteiger partial charge in [0.05, 0.1) is 11.6 Å². The first-order valence-corrected chi connectivity index (χ1v) is 5.42. The molecule has 0 fully saturated rings. The third kappa shape index (κ3) is 2.05. The summed E-state index contributed by atoms with van der Waals surface area (Å²) in [5, 5.41) is 0. The zero-order valence-electron chi connectivity index (χ0n) is 8.84. The van der Waals surface area contributed by atoms with Crippen LogP contribution in [0.25, 0.3) is 11.3 Å². The number of aromatic amines is 1. The summed E-state index contributed by atoms with van der Waals surface area (Å²) in [5.74, 6) is 1.25. The Balaban J connectivity index is 2.48. The van der Waals surface area contributed by atoms with Crippen molar-refractivity contribution in [3.63, 3.8) is 0 Å². The number of halogens is 1. The molecule has 3 heteroatoms. The minimum Gasteiger partial charge on any atom is -0.345 e. The highest BCUT2D eigenvalue weighted by Gasteiger charge is 2.07. The van der Waals surface area contributed by atoms with Crippen LogP contribution in [0.3, 0.4) is 0 Å². The van der Waals surface area contributed by atoms with Crippen LogP contribution in [0, 0.1) is 13.8 Å². The van der Waals surface area contributed by atoms with E-state index in [1.54, 1.807) is 0 Å². The molecule has 2 nitrogen and oxygen atoms in total. The molecule has 0 saturated heterocycles. The van der Waals surface area contributed by atoms with E-state index >= 15 is 0 Å². The number of nitrogens with zero attached hydrogens (tertiary/aromatic N) is 1. The number of aryl methyl sites for hydroxylation is 2. The number of benzene rings is 1. The summed E-state index contributed by atoms with van der Waals surface area (Å²) in [6.45, 7) is 4.09. The molecule has 0 aliphatic heterocycles. The number of rotatable bonds is 2. The Kier molecular flexibility index (Phi) is 2.78. The predicted molar refractivity (Wildman–Crippen MR) is 63.1 cm³/mol. The quantitative estimate of drug-likeness (QED) is 0.772. The molecule has 1 N–H and O–H groups in total. The standard InChI is InChI=1S/C12H13ClN2/c1-8-4-3-5-10(6-8)12-9(2)14-11(7-13)15-12/h3-6H,7H2,1-2H3,(H,14,15). The predicted octanol–water partition coefficient (Wildman–Crippen LogP) is 3.43. The summed E-state index contributed by atoms with van der Waals surface area (Å²) in [6.07, 6.45) is 0. The van der Waals surface area contributed by atoms with Gasteiger partial charge < -0.3 is 4.98 Å². The normalized spacial score (nSPS) is 10.6. The highest BCUT2D eigenvalue weighted by atomic mass is 35.5. The van der Waals surface area contributed by atoms with Gasteiger partial charge in [-0.3, -0.25) is 0 Å². The smallest absolute Gasteiger partial charge is 0.121 e. The van der Waals surface area contributed by atoms with Crippen molar-refractivity contribution in [2.75, 3.05) is 0 Å². The van der Waals surface area contributed by atoms with Crippen molar-refractivity contribution >= 4 is 11.6 Å². The lowest BCUT2D eigenvalue weighted by Gasteiger charge is -1.99. The van der Waals surface area contributed by atoms with Gasteiger partial charge in [0.25, 0.3) is 0 Å². The molecule has 2 aromatic rings. The Morgan fingerprint density at radius 2 is 2.13 bits per heavy atom. The van der Waals surface area contributed by atoms with Crippen molar-refractivity contribution in [3.8, 4) is 11.3 Å². The molecule has 0 saturated carbocycles. The Bertz CT molecular complexity index is 474. The third-order valence-corrected chi connectivity index (χ3v) is 2.60. The number of imidazole rings is 1. The number of H-pyrrole nitrogens is 1. The summed E-state index contributed by atoms with van der Waals surface area (Å²) in [7, 11) is 0. The van der Waals surface area contributed by atoms with Crippen LogP contribution in [0.2, 0.25) is 0 Å². The Morgan fingerprint density at radius 1 is 1.33 bits per heavy atom. The molecule has 0 radical (unpaired) electrons. The number of nitrogens with one attached hydrogen (secondary N) is 1. The highest BCUT2D eigenvalue weighted by molar-refractivity contribution is 6.16. The van der Waals surface area contributed by atoms with E-state index in [1.165, 1.54) is 5.56 Å².